The number of nitrogens with zero attached hydrogens (tertiary/aromatic N) is 8. The van der Waals surface area contributed by atoms with E-state index < -0.39 is 5.91 Å². The molecule has 0 unspecified atom stereocenters. The van der Waals surface area contributed by atoms with Crippen molar-refractivity contribution in [2.24, 2.45) is 20.0 Å². The third-order valence-corrected chi connectivity index (χ3v) is 25.8. The minimum Gasteiger partial charge on any atom is -0.457 e. The third kappa shape index (κ3) is 22.4. The van der Waals surface area contributed by atoms with Gasteiger partial charge in [-0.2, -0.15) is 0 Å². The Morgan fingerprint density at radius 3 is 0.721 bits per heavy atom. The number of hydrogen-bond donors (Lipinski definition) is 0. The molecule has 16 rings (SSSR count). The van der Waals surface area contributed by atoms with Crippen LogP contribution in [0.5, 0.6) is 46.0 Å². The molecule has 0 saturated carbocycles. The molecular weight excluding hydrogens is 1580 g/mol. The molecule has 8 aromatic carbocycles. The van der Waals surface area contributed by atoms with E-state index >= 15 is 0 Å². The molecule has 8 aliphatic rings. The van der Waals surface area contributed by atoms with Crippen LogP contribution in [0.4, 0.5) is 0 Å². The lowest BCUT2D eigenvalue weighted by atomic mass is 10.0. The highest BCUT2D eigenvalue weighted by Crippen LogP contribution is 2.49. The summed E-state index contributed by atoms with van der Waals surface area (Å²) in [5, 5.41) is 0. The van der Waals surface area contributed by atoms with Gasteiger partial charge in [0, 0.05) is 0 Å². The Balaban J connectivity index is 0.712. The van der Waals surface area contributed by atoms with Crippen molar-refractivity contribution in [3.8, 4) is 46.0 Å². The van der Waals surface area contributed by atoms with Gasteiger partial charge in [0.2, 0.25) is 0 Å². The average Bonchev–Trinajstić information content (AvgIpc) is 1.47. The molecule has 0 amide bonds. The topological polar surface area (TPSA) is 98.4 Å². The van der Waals surface area contributed by atoms with Crippen molar-refractivity contribution in [2.75, 3.05) is 0 Å². The summed E-state index contributed by atoms with van der Waals surface area (Å²) in [4.78, 5) is 23.8. The maximum Gasteiger partial charge on any atom is 0.491 e. The SMILES string of the molecule is CCC/C=C/C/C=C/CCCCCCCc1cccc(Oc2ccc3c(c2)C2=NC4=[N+]5C(=NC6=[N+]7C(=NC8=[N+]9C(=NC3=[N+]2C795)c2ccc(Oc3cccc(CCCCCCC/C=C/C/C=C/CCC)c3)cc28)c2cc(Oc3cccc(CCCCCCC/C=C/C/C=C/CCC)c3)ccc26)c2ccc(Oc3cccc(CCCCCCC/C=C/C/C=C/CCC)c3)cc24)c1. The highest BCUT2D eigenvalue weighted by atomic mass is 16.5. The van der Waals surface area contributed by atoms with Gasteiger partial charge in [-0.05, 0) is 298 Å². The molecule has 0 bridgehead atoms. The molecular formula is C117H136N8O4+4. The highest BCUT2D eigenvalue weighted by Gasteiger charge is 2.78. The molecule has 0 saturated heterocycles. The Bertz CT molecular complexity index is 5450. The summed E-state index contributed by atoms with van der Waals surface area (Å²) in [6, 6.07) is 60.6. The Morgan fingerprint density at radius 1 is 0.217 bits per heavy atom. The zero-order chi connectivity index (χ0) is 88.0. The Morgan fingerprint density at radius 2 is 0.442 bits per heavy atom. The van der Waals surface area contributed by atoms with Crippen LogP contribution < -0.4 is 18.9 Å². The first-order chi connectivity index (χ1) is 63.9. The smallest absolute Gasteiger partial charge is 0.457 e. The molecule has 0 N–H and O–H groups in total. The minimum atomic E-state index is -1.32. The number of ether oxygens (including phenoxy) is 4. The molecule has 0 aromatic heterocycles. The lowest BCUT2D eigenvalue weighted by molar-refractivity contribution is -1.06. The molecule has 1 spiro atoms. The summed E-state index contributed by atoms with van der Waals surface area (Å²) in [6.45, 7) is 8.93. The zero-order valence-corrected chi connectivity index (χ0v) is 77.4. The standard InChI is InChI=1S/C117H136N8O4/c1-5-9-13-17-21-25-29-33-37-41-45-49-53-61-89-65-57-69-93(81-89)126-97-73-77-101-105(85-97)113-120-114-106-86-98(127-94-70-58-66-90(82-94)62-54-50-46-42-38-34-30-26-22-18-14-10-6-2)74-78-102(106)111-119-112-104-80-76-100(129-96-72-60-68-92(84-96)64-56-52-48-44-40-36-32-28-24-20-16-12-8-4)88-108(104)116-121-115-107-87-99(75-79-103(107)110-118-109(101)122(113)117(123(111)114,124(110)115)125(112)116)128-95-71-59-67-91(83-95)63-55-51-47-43-39-35-31-27-23-19-15-11-7-3/h13-20,25-32,57-60,65-88H,5-12,21-24,33-56,61-64H2,1-4H3/q+4/b17-13+,18-14+,19-15+,20-16+,29-25+,30-26+,31-27+,32-28+. The third-order valence-electron chi connectivity index (χ3n) is 25.8. The molecule has 129 heavy (non-hydrogen) atoms. The van der Waals surface area contributed by atoms with Gasteiger partial charge in [-0.15, -0.1) is 18.3 Å². The second-order valence-corrected chi connectivity index (χ2v) is 35.9. The maximum absolute atomic E-state index is 7.04. The van der Waals surface area contributed by atoms with Crippen LogP contribution >= 0.6 is 0 Å². The van der Waals surface area contributed by atoms with Crippen molar-refractivity contribution in [1.29, 1.82) is 0 Å². The van der Waals surface area contributed by atoms with E-state index in [1.807, 2.05) is 0 Å². The van der Waals surface area contributed by atoms with E-state index in [2.05, 4.69) is 313 Å². The van der Waals surface area contributed by atoms with Gasteiger partial charge in [0.1, 0.15) is 46.0 Å². The number of hydrogen-bond acceptors (Lipinski definition) is 8. The number of aryl methyl sites for hydroxylation is 4. The first-order valence-corrected chi connectivity index (χ1v) is 49.8. The number of allylic oxidation sites excluding steroid dienone is 16. The number of unbranched alkanes of at least 4 members (excludes halogenated alkanes) is 24. The molecule has 12 heteroatoms. The number of aliphatic imine (C=N–C) groups is 4. The fraction of sp³-hybridized carbons (Fsp3) is 0.385. The van der Waals surface area contributed by atoms with Crippen LogP contribution in [0.25, 0.3) is 0 Å². The molecule has 8 aliphatic heterocycles. The Kier molecular flexibility index (Phi) is 32.6. The van der Waals surface area contributed by atoms with Crippen LogP contribution in [0, 0.1) is 0 Å². The Hall–Kier alpha value is -11.8. The molecule has 8 aromatic rings. The molecule has 0 fully saturated rings. The van der Waals surface area contributed by atoms with E-state index in [1.54, 1.807) is 0 Å². The second kappa shape index (κ2) is 46.5. The molecule has 12 nitrogen and oxygen atoms in total. The zero-order valence-electron chi connectivity index (χ0n) is 77.4. The fourth-order valence-electron chi connectivity index (χ4n) is 19.0. The quantitative estimate of drug-likeness (QED) is 0.0215. The average molecular weight is 1720 g/mol. The van der Waals surface area contributed by atoms with Gasteiger partial charge in [0.05, 0.1) is 44.5 Å². The number of benzene rings is 8. The van der Waals surface area contributed by atoms with Crippen molar-refractivity contribution in [3.05, 3.63) is 334 Å². The van der Waals surface area contributed by atoms with Crippen LogP contribution in [0.3, 0.4) is 0 Å². The highest BCUT2D eigenvalue weighted by molar-refractivity contribution is 6.30. The molecule has 0 aliphatic carbocycles. The summed E-state index contributed by atoms with van der Waals surface area (Å²) in [7, 11) is 0. The first kappa shape index (κ1) is 90.6. The van der Waals surface area contributed by atoms with Crippen molar-refractivity contribution >= 4 is 46.7 Å². The molecule has 8 heterocycles. The van der Waals surface area contributed by atoms with Crippen LogP contribution in [-0.4, -0.2) is 70.9 Å². The summed E-state index contributed by atoms with van der Waals surface area (Å²) in [5.74, 6) is 10.8. The van der Waals surface area contributed by atoms with Gasteiger partial charge < -0.3 is 18.9 Å². The lowest BCUT2D eigenvalue weighted by Crippen LogP contribution is -2.76. The maximum atomic E-state index is 7.04. The predicted molar refractivity (Wildman–Crippen MR) is 535 cm³/mol. The second-order valence-electron chi connectivity index (χ2n) is 35.9. The van der Waals surface area contributed by atoms with Gasteiger partial charge in [-0.3, -0.25) is 0 Å². The van der Waals surface area contributed by atoms with Crippen LogP contribution in [-0.2, 0) is 25.7 Å². The normalized spacial score (nSPS) is 15.2. The van der Waals surface area contributed by atoms with Gasteiger partial charge >= 0.3 is 5.91 Å². The molecule has 664 valence electrons. The summed E-state index contributed by atoms with van der Waals surface area (Å²) >= 11 is 0. The number of amidine groups is 8. The van der Waals surface area contributed by atoms with E-state index in [0.717, 1.165) is 243 Å². The fourth-order valence-corrected chi connectivity index (χ4v) is 19.0. The number of rotatable bonds is 56. The van der Waals surface area contributed by atoms with E-state index in [1.165, 1.54) is 151 Å². The van der Waals surface area contributed by atoms with Gasteiger partial charge in [0.15, 0.2) is 0 Å². The Labute approximate surface area is 769 Å². The van der Waals surface area contributed by atoms with Crippen molar-refractivity contribution < 1.29 is 37.2 Å². The van der Waals surface area contributed by atoms with E-state index in [4.69, 9.17) is 38.9 Å². The number of fused-ring (bicyclic) bond motifs is 12. The summed E-state index contributed by atoms with van der Waals surface area (Å²) in [6.07, 6.45) is 83.6. The monoisotopic (exact) mass is 1720 g/mol. The lowest BCUT2D eigenvalue weighted by Gasteiger charge is -2.38. The summed E-state index contributed by atoms with van der Waals surface area (Å²) in [5.41, 5.74) is 12.5. The van der Waals surface area contributed by atoms with Crippen LogP contribution in [0.15, 0.2) is 287 Å². The van der Waals surface area contributed by atoms with Crippen molar-refractivity contribution in [2.45, 2.75) is 290 Å². The van der Waals surface area contributed by atoms with Gasteiger partial charge in [0.25, 0.3) is 46.7 Å². The van der Waals surface area contributed by atoms with Gasteiger partial charge in [-0.25, -0.2) is 0 Å². The summed E-state index contributed by atoms with van der Waals surface area (Å²) < 4.78 is 37.6. The van der Waals surface area contributed by atoms with E-state index in [9.17, 15) is 0 Å². The molecule has 0 atom stereocenters. The minimum absolute atomic E-state index is 0.714. The predicted octanol–water partition coefficient (Wildman–Crippen LogP) is 30.4. The van der Waals surface area contributed by atoms with Crippen LogP contribution in [0.1, 0.15) is 326 Å². The van der Waals surface area contributed by atoms with Crippen molar-refractivity contribution in [1.82, 2.24) is 0 Å². The van der Waals surface area contributed by atoms with E-state index in [0.29, 0.717) is 23.0 Å². The van der Waals surface area contributed by atoms with E-state index in [-0.39, 0.29) is 0 Å². The first-order valence-electron chi connectivity index (χ1n) is 49.8. The van der Waals surface area contributed by atoms with Crippen LogP contribution in [0.2, 0.25) is 0 Å². The largest absolute Gasteiger partial charge is 0.491 e. The van der Waals surface area contributed by atoms with Crippen molar-refractivity contribution in [3.63, 3.8) is 0 Å². The van der Waals surface area contributed by atoms with Gasteiger partial charge in [-0.1, -0.05) is 296 Å². The molecule has 0 radical (unpaired) electrons.